The largest absolute Gasteiger partial charge is 0.220 e. The Hall–Kier alpha value is -1.16. The molecule has 0 aliphatic rings. The highest BCUT2D eigenvalue weighted by Crippen LogP contribution is 2.24. The first-order chi connectivity index (χ1) is 8.24. The van der Waals surface area contributed by atoms with Gasteiger partial charge in [0.2, 0.25) is 0 Å². The number of hydrogen-bond acceptors (Lipinski definition) is 2. The van der Waals surface area contributed by atoms with Crippen molar-refractivity contribution in [2.75, 3.05) is 0 Å². The van der Waals surface area contributed by atoms with Gasteiger partial charge in [-0.15, -0.1) is 5.10 Å². The SMILES string of the molecule is CCc1ccc(-n2cc(C(Br)CC)nn2)cc1. The summed E-state index contributed by atoms with van der Waals surface area (Å²) >= 11 is 3.58. The quantitative estimate of drug-likeness (QED) is 0.805. The van der Waals surface area contributed by atoms with Crippen LogP contribution in [0.2, 0.25) is 0 Å². The average molecular weight is 294 g/mol. The molecule has 0 radical (unpaired) electrons. The second-order valence-corrected chi connectivity index (χ2v) is 5.09. The molecule has 1 heterocycles. The number of aryl methyl sites for hydroxylation is 1. The summed E-state index contributed by atoms with van der Waals surface area (Å²) in [5, 5.41) is 8.32. The molecule has 1 atom stereocenters. The van der Waals surface area contributed by atoms with E-state index in [0.717, 1.165) is 24.2 Å². The second-order valence-electron chi connectivity index (χ2n) is 3.98. The van der Waals surface area contributed by atoms with Crippen molar-refractivity contribution in [3.8, 4) is 5.69 Å². The maximum Gasteiger partial charge on any atom is 0.0967 e. The molecule has 3 nitrogen and oxygen atoms in total. The van der Waals surface area contributed by atoms with Crippen LogP contribution in [-0.4, -0.2) is 15.0 Å². The molecule has 0 fully saturated rings. The third-order valence-corrected chi connectivity index (χ3v) is 3.92. The van der Waals surface area contributed by atoms with E-state index in [-0.39, 0.29) is 4.83 Å². The van der Waals surface area contributed by atoms with E-state index in [1.165, 1.54) is 5.56 Å². The smallest absolute Gasteiger partial charge is 0.0967 e. The van der Waals surface area contributed by atoms with Crippen LogP contribution in [0.3, 0.4) is 0 Å². The lowest BCUT2D eigenvalue weighted by Crippen LogP contribution is -1.94. The third kappa shape index (κ3) is 2.75. The van der Waals surface area contributed by atoms with E-state index < -0.39 is 0 Å². The minimum atomic E-state index is 0.283. The van der Waals surface area contributed by atoms with E-state index in [1.54, 1.807) is 0 Å². The highest BCUT2D eigenvalue weighted by molar-refractivity contribution is 9.09. The number of hydrogen-bond donors (Lipinski definition) is 0. The standard InChI is InChI=1S/C13H16BrN3/c1-3-10-5-7-11(8-6-10)17-9-13(15-16-17)12(14)4-2/h5-9,12H,3-4H2,1-2H3. The lowest BCUT2D eigenvalue weighted by Gasteiger charge is -2.02. The maximum atomic E-state index is 4.17. The van der Waals surface area contributed by atoms with Gasteiger partial charge in [-0.25, -0.2) is 4.68 Å². The van der Waals surface area contributed by atoms with Crippen LogP contribution in [0.15, 0.2) is 30.5 Å². The average Bonchev–Trinajstić information content (AvgIpc) is 2.87. The first-order valence-corrected chi connectivity index (χ1v) is 6.81. The van der Waals surface area contributed by atoms with Gasteiger partial charge in [0.05, 0.1) is 22.4 Å². The molecule has 1 aromatic heterocycles. The Morgan fingerprint density at radius 3 is 2.53 bits per heavy atom. The van der Waals surface area contributed by atoms with Crippen molar-refractivity contribution in [1.29, 1.82) is 0 Å². The summed E-state index contributed by atoms with van der Waals surface area (Å²) in [5.74, 6) is 0. The zero-order valence-electron chi connectivity index (χ0n) is 10.1. The van der Waals surface area contributed by atoms with E-state index in [2.05, 4.69) is 64.4 Å². The molecule has 0 aliphatic carbocycles. The molecular weight excluding hydrogens is 278 g/mol. The van der Waals surface area contributed by atoms with Crippen LogP contribution in [0.5, 0.6) is 0 Å². The zero-order valence-corrected chi connectivity index (χ0v) is 11.7. The van der Waals surface area contributed by atoms with Crippen LogP contribution in [0, 0.1) is 0 Å². The molecule has 2 rings (SSSR count). The summed E-state index contributed by atoms with van der Waals surface area (Å²) in [6.45, 7) is 4.27. The van der Waals surface area contributed by atoms with Crippen LogP contribution < -0.4 is 0 Å². The van der Waals surface area contributed by atoms with Gasteiger partial charge >= 0.3 is 0 Å². The van der Waals surface area contributed by atoms with Crippen molar-refractivity contribution in [1.82, 2.24) is 15.0 Å². The molecule has 4 heteroatoms. The van der Waals surface area contributed by atoms with Crippen LogP contribution in [0.1, 0.15) is 36.4 Å². The molecular formula is C13H16BrN3. The van der Waals surface area contributed by atoms with Crippen molar-refractivity contribution < 1.29 is 0 Å². The Kier molecular flexibility index (Phi) is 3.94. The molecule has 0 amide bonds. The van der Waals surface area contributed by atoms with Gasteiger partial charge in [0.1, 0.15) is 0 Å². The number of benzene rings is 1. The summed E-state index contributed by atoms with van der Waals surface area (Å²) < 4.78 is 1.82. The number of aromatic nitrogens is 3. The van der Waals surface area contributed by atoms with Gasteiger partial charge in [-0.2, -0.15) is 0 Å². The number of nitrogens with zero attached hydrogens (tertiary/aromatic N) is 3. The molecule has 0 saturated heterocycles. The highest BCUT2D eigenvalue weighted by Gasteiger charge is 2.10. The topological polar surface area (TPSA) is 30.7 Å². The Bertz CT molecular complexity index is 476. The first kappa shape index (κ1) is 12.3. The number of alkyl halides is 1. The van der Waals surface area contributed by atoms with E-state index >= 15 is 0 Å². The molecule has 0 saturated carbocycles. The first-order valence-electron chi connectivity index (χ1n) is 5.90. The van der Waals surface area contributed by atoms with Gasteiger partial charge in [-0.3, -0.25) is 0 Å². The molecule has 0 spiro atoms. The summed E-state index contributed by atoms with van der Waals surface area (Å²) in [4.78, 5) is 0.283. The molecule has 0 N–H and O–H groups in total. The van der Waals surface area contributed by atoms with Crippen molar-refractivity contribution in [2.45, 2.75) is 31.5 Å². The molecule has 2 aromatic rings. The fourth-order valence-corrected chi connectivity index (χ4v) is 1.85. The summed E-state index contributed by atoms with van der Waals surface area (Å²) in [5.41, 5.74) is 3.37. The Morgan fingerprint density at radius 2 is 1.94 bits per heavy atom. The number of rotatable bonds is 4. The van der Waals surface area contributed by atoms with Crippen molar-refractivity contribution in [3.05, 3.63) is 41.7 Å². The molecule has 1 aromatic carbocycles. The summed E-state index contributed by atoms with van der Waals surface area (Å²) in [6.07, 6.45) is 4.04. The van der Waals surface area contributed by atoms with Gasteiger partial charge in [0.25, 0.3) is 0 Å². The third-order valence-electron chi connectivity index (χ3n) is 2.80. The Balaban J connectivity index is 2.24. The lowest BCUT2D eigenvalue weighted by atomic mass is 10.1. The van der Waals surface area contributed by atoms with Crippen molar-refractivity contribution >= 4 is 15.9 Å². The summed E-state index contributed by atoms with van der Waals surface area (Å²) in [7, 11) is 0. The number of halogens is 1. The molecule has 90 valence electrons. The lowest BCUT2D eigenvalue weighted by molar-refractivity contribution is 0.790. The van der Waals surface area contributed by atoms with E-state index in [1.807, 2.05) is 10.9 Å². The molecule has 0 aliphatic heterocycles. The van der Waals surface area contributed by atoms with Crippen LogP contribution in [-0.2, 0) is 6.42 Å². The maximum absolute atomic E-state index is 4.17. The highest BCUT2D eigenvalue weighted by atomic mass is 79.9. The van der Waals surface area contributed by atoms with Crippen molar-refractivity contribution in [2.24, 2.45) is 0 Å². The monoisotopic (exact) mass is 293 g/mol. The fourth-order valence-electron chi connectivity index (χ4n) is 1.64. The summed E-state index contributed by atoms with van der Waals surface area (Å²) in [6, 6.07) is 8.41. The second kappa shape index (κ2) is 5.45. The van der Waals surface area contributed by atoms with Gasteiger partial charge in [0.15, 0.2) is 0 Å². The molecule has 17 heavy (non-hydrogen) atoms. The van der Waals surface area contributed by atoms with Gasteiger partial charge in [-0.05, 0) is 30.5 Å². The van der Waals surface area contributed by atoms with Gasteiger partial charge < -0.3 is 0 Å². The Morgan fingerprint density at radius 1 is 1.24 bits per heavy atom. The zero-order chi connectivity index (χ0) is 12.3. The predicted molar refractivity (Wildman–Crippen MR) is 72.7 cm³/mol. The van der Waals surface area contributed by atoms with Crippen LogP contribution >= 0.6 is 15.9 Å². The minimum Gasteiger partial charge on any atom is -0.220 e. The predicted octanol–water partition coefficient (Wildman–Crippen LogP) is 3.68. The molecule has 1 unspecified atom stereocenters. The van der Waals surface area contributed by atoms with E-state index in [0.29, 0.717) is 0 Å². The van der Waals surface area contributed by atoms with Crippen molar-refractivity contribution in [3.63, 3.8) is 0 Å². The van der Waals surface area contributed by atoms with E-state index in [9.17, 15) is 0 Å². The minimum absolute atomic E-state index is 0.283. The molecule has 0 bridgehead atoms. The Labute approximate surface area is 110 Å². The van der Waals surface area contributed by atoms with Gasteiger partial charge in [-0.1, -0.05) is 47.1 Å². The van der Waals surface area contributed by atoms with Crippen LogP contribution in [0.25, 0.3) is 5.69 Å². The van der Waals surface area contributed by atoms with Crippen LogP contribution in [0.4, 0.5) is 0 Å². The fraction of sp³-hybridized carbons (Fsp3) is 0.385. The van der Waals surface area contributed by atoms with Gasteiger partial charge in [0, 0.05) is 0 Å². The van der Waals surface area contributed by atoms with E-state index in [4.69, 9.17) is 0 Å². The normalized spacial score (nSPS) is 12.6.